The highest BCUT2D eigenvalue weighted by Crippen LogP contribution is 2.22. The minimum atomic E-state index is -0.966. The Labute approximate surface area is 152 Å². The highest BCUT2D eigenvalue weighted by atomic mass is 16.6. The van der Waals surface area contributed by atoms with Crippen LogP contribution >= 0.6 is 0 Å². The van der Waals surface area contributed by atoms with Crippen molar-refractivity contribution in [3.05, 3.63) is 75.3 Å². The zero-order valence-electron chi connectivity index (χ0n) is 14.9. The lowest BCUT2D eigenvalue weighted by Crippen LogP contribution is -2.19. The summed E-state index contributed by atoms with van der Waals surface area (Å²) >= 11 is 0. The van der Waals surface area contributed by atoms with E-state index in [-0.39, 0.29) is 17.5 Å². The summed E-state index contributed by atoms with van der Waals surface area (Å²) in [4.78, 5) is 22.4. The molecule has 0 aromatic heterocycles. The van der Waals surface area contributed by atoms with E-state index in [1.54, 1.807) is 24.3 Å². The number of nitriles is 1. The molecule has 0 aliphatic heterocycles. The van der Waals surface area contributed by atoms with Crippen molar-refractivity contribution in [2.24, 2.45) is 0 Å². The van der Waals surface area contributed by atoms with Crippen LogP contribution in [0.1, 0.15) is 42.3 Å². The molecule has 1 atom stereocenters. The van der Waals surface area contributed by atoms with Crippen LogP contribution < -0.4 is 0 Å². The Bertz CT molecular complexity index is 828. The second-order valence-corrected chi connectivity index (χ2v) is 6.98. The molecule has 0 aliphatic rings. The van der Waals surface area contributed by atoms with Gasteiger partial charge < -0.3 is 4.74 Å². The second-order valence-electron chi connectivity index (χ2n) is 6.98. The van der Waals surface area contributed by atoms with Crippen LogP contribution in [0.2, 0.25) is 0 Å². The van der Waals surface area contributed by atoms with E-state index < -0.39 is 17.0 Å². The van der Waals surface area contributed by atoms with Gasteiger partial charge in [0, 0.05) is 18.6 Å². The van der Waals surface area contributed by atoms with E-state index in [1.807, 2.05) is 18.2 Å². The number of ether oxygens (including phenoxy) is 1. The van der Waals surface area contributed by atoms with Crippen LogP contribution in [0.5, 0.6) is 0 Å². The molecule has 6 heteroatoms. The van der Waals surface area contributed by atoms with Crippen LogP contribution in [0.4, 0.5) is 5.69 Å². The Hall–Kier alpha value is -3.20. The molecule has 0 saturated heterocycles. The topological polar surface area (TPSA) is 93.2 Å². The van der Waals surface area contributed by atoms with Crippen LogP contribution in [-0.4, -0.2) is 17.0 Å². The first-order chi connectivity index (χ1) is 12.2. The number of non-ortho nitro benzene ring substituents is 1. The summed E-state index contributed by atoms with van der Waals surface area (Å²) in [6.45, 7) is 6.24. The van der Waals surface area contributed by atoms with Gasteiger partial charge >= 0.3 is 5.97 Å². The molecule has 2 aromatic carbocycles. The molecule has 0 fully saturated rings. The van der Waals surface area contributed by atoms with Crippen LogP contribution in [0, 0.1) is 21.4 Å². The molecule has 2 rings (SSSR count). The molecule has 134 valence electrons. The zero-order valence-corrected chi connectivity index (χ0v) is 14.9. The molecule has 6 nitrogen and oxygen atoms in total. The predicted octanol–water partition coefficient (Wildman–Crippen LogP) is 4.18. The fourth-order valence-electron chi connectivity index (χ4n) is 2.39. The van der Waals surface area contributed by atoms with Crippen molar-refractivity contribution in [1.29, 1.82) is 5.26 Å². The van der Waals surface area contributed by atoms with Gasteiger partial charge in [-0.15, -0.1) is 0 Å². The third-order valence-electron chi connectivity index (χ3n) is 3.95. The number of nitro groups is 1. The molecule has 0 spiro atoms. The van der Waals surface area contributed by atoms with Gasteiger partial charge in [-0.3, -0.25) is 10.1 Å². The minimum absolute atomic E-state index is 0.0203. The van der Waals surface area contributed by atoms with E-state index in [0.717, 1.165) is 5.56 Å². The summed E-state index contributed by atoms with van der Waals surface area (Å²) in [6, 6.07) is 14.9. The Kier molecular flexibility index (Phi) is 5.73. The first kappa shape index (κ1) is 19.1. The third-order valence-corrected chi connectivity index (χ3v) is 3.95. The van der Waals surface area contributed by atoms with Gasteiger partial charge in [-0.25, -0.2) is 4.79 Å². The van der Waals surface area contributed by atoms with Crippen LogP contribution in [0.3, 0.4) is 0 Å². The lowest BCUT2D eigenvalue weighted by Gasteiger charge is -2.19. The van der Waals surface area contributed by atoms with Crippen LogP contribution in [0.15, 0.2) is 48.5 Å². The summed E-state index contributed by atoms with van der Waals surface area (Å²) in [5.74, 6) is -0.570. The number of hydrogen-bond acceptors (Lipinski definition) is 5. The number of nitrogens with zero attached hydrogens (tertiary/aromatic N) is 2. The zero-order chi connectivity index (χ0) is 19.3. The largest absolute Gasteiger partial charge is 0.443 e. The van der Waals surface area contributed by atoms with Crippen molar-refractivity contribution >= 4 is 11.7 Å². The third kappa shape index (κ3) is 4.90. The van der Waals surface area contributed by atoms with Crippen molar-refractivity contribution in [3.63, 3.8) is 0 Å². The maximum absolute atomic E-state index is 12.2. The van der Waals surface area contributed by atoms with E-state index in [9.17, 15) is 20.2 Å². The normalized spacial score (nSPS) is 12.1. The highest BCUT2D eigenvalue weighted by Gasteiger charge is 2.18. The predicted molar refractivity (Wildman–Crippen MR) is 96.8 cm³/mol. The number of rotatable bonds is 5. The fraction of sp³-hybridized carbons (Fsp3) is 0.300. The standard InChI is InChI=1S/C20H20N2O4/c1-20(2,3)16-8-6-15(7-9-16)19(23)26-18(13-21)12-14-4-10-17(11-5-14)22(24)25/h4-11,18H,12H2,1-3H3/t18-/m0/s1. The van der Waals surface area contributed by atoms with Gasteiger partial charge in [0.1, 0.15) is 6.07 Å². The van der Waals surface area contributed by atoms with Crippen molar-refractivity contribution in [2.45, 2.75) is 38.7 Å². The molecule has 0 aliphatic carbocycles. The van der Waals surface area contributed by atoms with Crippen molar-refractivity contribution in [2.75, 3.05) is 0 Å². The summed E-state index contributed by atoms with van der Waals surface area (Å²) in [7, 11) is 0. The molecule has 0 amide bonds. The molecule has 2 aromatic rings. The number of nitro benzene ring substituents is 1. The first-order valence-corrected chi connectivity index (χ1v) is 8.15. The average molecular weight is 352 g/mol. The van der Waals surface area contributed by atoms with Crippen LogP contribution in [0.25, 0.3) is 0 Å². The van der Waals surface area contributed by atoms with Gasteiger partial charge in [0.2, 0.25) is 0 Å². The van der Waals surface area contributed by atoms with Crippen LogP contribution in [-0.2, 0) is 16.6 Å². The molecule has 0 radical (unpaired) electrons. The van der Waals surface area contributed by atoms with Crippen molar-refractivity contribution < 1.29 is 14.5 Å². The van der Waals surface area contributed by atoms with E-state index in [1.165, 1.54) is 12.1 Å². The van der Waals surface area contributed by atoms with E-state index in [0.29, 0.717) is 11.1 Å². The quantitative estimate of drug-likeness (QED) is 0.457. The first-order valence-electron chi connectivity index (χ1n) is 8.15. The molecule has 0 bridgehead atoms. The molecular formula is C20H20N2O4. The molecule has 0 unspecified atom stereocenters. The smallest absolute Gasteiger partial charge is 0.339 e. The monoisotopic (exact) mass is 352 g/mol. The number of carbonyl (C=O) groups excluding carboxylic acids is 1. The fourth-order valence-corrected chi connectivity index (χ4v) is 2.39. The molecule has 0 saturated carbocycles. The second kappa shape index (κ2) is 7.79. The lowest BCUT2D eigenvalue weighted by molar-refractivity contribution is -0.384. The van der Waals surface area contributed by atoms with Crippen molar-refractivity contribution in [3.8, 4) is 6.07 Å². The number of esters is 1. The molecule has 0 N–H and O–H groups in total. The SMILES string of the molecule is CC(C)(C)c1ccc(C(=O)O[C@H](C#N)Cc2ccc([N+](=O)[O-])cc2)cc1. The Morgan fingerprint density at radius 2 is 1.73 bits per heavy atom. The highest BCUT2D eigenvalue weighted by molar-refractivity contribution is 5.89. The maximum atomic E-state index is 12.2. The lowest BCUT2D eigenvalue weighted by atomic mass is 9.87. The van der Waals surface area contributed by atoms with Gasteiger partial charge in [-0.05, 0) is 28.7 Å². The van der Waals surface area contributed by atoms with E-state index in [4.69, 9.17) is 4.74 Å². The average Bonchev–Trinajstić information content (AvgIpc) is 2.60. The molecular weight excluding hydrogens is 332 g/mol. The Morgan fingerprint density at radius 1 is 1.15 bits per heavy atom. The minimum Gasteiger partial charge on any atom is -0.443 e. The van der Waals surface area contributed by atoms with Gasteiger partial charge in [-0.1, -0.05) is 45.0 Å². The van der Waals surface area contributed by atoms with Crippen molar-refractivity contribution in [1.82, 2.24) is 0 Å². The number of benzene rings is 2. The van der Waals surface area contributed by atoms with Gasteiger partial charge in [0.05, 0.1) is 10.5 Å². The van der Waals surface area contributed by atoms with E-state index in [2.05, 4.69) is 20.8 Å². The van der Waals surface area contributed by atoms with Gasteiger partial charge in [0.15, 0.2) is 6.10 Å². The number of carbonyl (C=O) groups is 1. The molecule has 0 heterocycles. The summed E-state index contributed by atoms with van der Waals surface area (Å²) in [6.07, 6.45) is -0.799. The number of hydrogen-bond donors (Lipinski definition) is 0. The summed E-state index contributed by atoms with van der Waals surface area (Å²) < 4.78 is 5.26. The maximum Gasteiger partial charge on any atom is 0.339 e. The summed E-state index contributed by atoms with van der Waals surface area (Å²) in [5, 5.41) is 19.9. The summed E-state index contributed by atoms with van der Waals surface area (Å²) in [5.41, 5.74) is 2.10. The van der Waals surface area contributed by atoms with Gasteiger partial charge in [-0.2, -0.15) is 5.26 Å². The Balaban J connectivity index is 2.04. The van der Waals surface area contributed by atoms with E-state index >= 15 is 0 Å². The molecule has 26 heavy (non-hydrogen) atoms. The van der Waals surface area contributed by atoms with Gasteiger partial charge in [0.25, 0.3) is 5.69 Å². The Morgan fingerprint density at radius 3 is 2.19 bits per heavy atom.